The summed E-state index contributed by atoms with van der Waals surface area (Å²) in [6, 6.07) is 6.94. The van der Waals surface area contributed by atoms with Crippen molar-refractivity contribution in [1.82, 2.24) is 0 Å². The van der Waals surface area contributed by atoms with E-state index < -0.39 is 5.30 Å². The van der Waals surface area contributed by atoms with Crippen LogP contribution in [0.3, 0.4) is 0 Å². The number of benzene rings is 1. The first-order valence-electron chi connectivity index (χ1n) is 4.01. The summed E-state index contributed by atoms with van der Waals surface area (Å²) in [6.45, 7) is 5.58. The Morgan fingerprint density at radius 2 is 2.00 bits per heavy atom. The predicted octanol–water partition coefficient (Wildman–Crippen LogP) is 3.06. The van der Waals surface area contributed by atoms with Crippen LogP contribution >= 0.6 is 12.6 Å². The van der Waals surface area contributed by atoms with Gasteiger partial charge in [-0.3, -0.25) is 0 Å². The van der Waals surface area contributed by atoms with Crippen molar-refractivity contribution in [3.8, 4) is 5.75 Å². The lowest BCUT2D eigenvalue weighted by molar-refractivity contribution is 0.227. The molecule has 14 heavy (non-hydrogen) atoms. The molecule has 0 aromatic heterocycles. The van der Waals surface area contributed by atoms with Gasteiger partial charge in [-0.15, -0.1) is 0 Å². The molecule has 0 bridgehead atoms. The van der Waals surface area contributed by atoms with E-state index in [1.54, 1.807) is 24.3 Å². The summed E-state index contributed by atoms with van der Waals surface area (Å²) in [7, 11) is 0. The highest BCUT2D eigenvalue weighted by atomic mass is 32.1. The van der Waals surface area contributed by atoms with Gasteiger partial charge in [0.1, 0.15) is 5.75 Å². The molecule has 0 aliphatic heterocycles. The number of carbonyl (C=O) groups is 1. The number of hydrogen-bond donors (Lipinski definition) is 2. The Hall–Kier alpha value is -1.42. The van der Waals surface area contributed by atoms with Crippen LogP contribution in [0.1, 0.15) is 6.92 Å². The molecule has 0 unspecified atom stereocenters. The second-order valence-electron chi connectivity index (χ2n) is 2.80. The number of hydrogen-bond acceptors (Lipinski definition) is 3. The van der Waals surface area contributed by atoms with E-state index in [0.29, 0.717) is 5.75 Å². The normalized spacial score (nSPS) is 9.29. The summed E-state index contributed by atoms with van der Waals surface area (Å²) in [4.78, 5) is 10.5. The first-order valence-corrected chi connectivity index (χ1v) is 4.46. The van der Waals surface area contributed by atoms with Gasteiger partial charge in [-0.25, -0.2) is 4.79 Å². The Kier molecular flexibility index (Phi) is 3.59. The maximum Gasteiger partial charge on any atom is 0.369 e. The van der Waals surface area contributed by atoms with Crippen LogP contribution < -0.4 is 10.1 Å². The third-order valence-electron chi connectivity index (χ3n) is 1.42. The maximum absolute atomic E-state index is 10.5. The standard InChI is InChI=1S/C10H11NO2S/c1-7(2)11-8-3-5-9(6-4-8)13-10(12)14/h3-6,11H,1H2,2H3,(H,12,14). The van der Waals surface area contributed by atoms with Crippen LogP contribution in [0, 0.1) is 0 Å². The van der Waals surface area contributed by atoms with Crippen molar-refractivity contribution in [2.75, 3.05) is 5.32 Å². The van der Waals surface area contributed by atoms with Crippen molar-refractivity contribution >= 4 is 23.6 Å². The molecule has 0 saturated heterocycles. The summed E-state index contributed by atoms with van der Waals surface area (Å²) in [5, 5.41) is 2.41. The first kappa shape index (κ1) is 10.7. The van der Waals surface area contributed by atoms with Gasteiger partial charge in [-0.2, -0.15) is 0 Å². The first-order chi connectivity index (χ1) is 6.58. The minimum Gasteiger partial charge on any atom is -0.419 e. The number of rotatable bonds is 3. The number of ether oxygens (including phenoxy) is 1. The highest BCUT2D eigenvalue weighted by molar-refractivity contribution is 7.96. The van der Waals surface area contributed by atoms with E-state index in [-0.39, 0.29) is 0 Å². The summed E-state index contributed by atoms with van der Waals surface area (Å²) in [6.07, 6.45) is 0. The number of anilines is 1. The second kappa shape index (κ2) is 4.72. The van der Waals surface area contributed by atoms with E-state index in [9.17, 15) is 4.79 Å². The van der Waals surface area contributed by atoms with Gasteiger partial charge >= 0.3 is 5.30 Å². The van der Waals surface area contributed by atoms with Gasteiger partial charge in [-0.05, 0) is 31.2 Å². The molecule has 0 fully saturated rings. The molecule has 1 aromatic carbocycles. The number of nitrogens with one attached hydrogen (secondary N) is 1. The van der Waals surface area contributed by atoms with Crippen molar-refractivity contribution in [3.05, 3.63) is 36.5 Å². The Morgan fingerprint density at radius 3 is 2.43 bits per heavy atom. The van der Waals surface area contributed by atoms with Crippen molar-refractivity contribution < 1.29 is 9.53 Å². The van der Waals surface area contributed by atoms with E-state index >= 15 is 0 Å². The lowest BCUT2D eigenvalue weighted by Crippen LogP contribution is -1.97. The molecule has 4 heteroatoms. The Morgan fingerprint density at radius 1 is 1.43 bits per heavy atom. The number of carbonyl (C=O) groups excluding carboxylic acids is 1. The van der Waals surface area contributed by atoms with Crippen LogP contribution in [0.25, 0.3) is 0 Å². The maximum atomic E-state index is 10.5. The molecule has 0 aliphatic rings. The molecule has 3 nitrogen and oxygen atoms in total. The zero-order valence-corrected chi connectivity index (χ0v) is 8.67. The largest absolute Gasteiger partial charge is 0.419 e. The molecule has 0 aliphatic carbocycles. The number of thiol groups is 1. The van der Waals surface area contributed by atoms with Gasteiger partial charge in [0.15, 0.2) is 0 Å². The minimum absolute atomic E-state index is 0.470. The van der Waals surface area contributed by atoms with Crippen molar-refractivity contribution in [2.24, 2.45) is 0 Å². The molecule has 0 spiro atoms. The molecule has 74 valence electrons. The molecule has 1 N–H and O–H groups in total. The third-order valence-corrected chi connectivity index (χ3v) is 1.51. The molecule has 0 heterocycles. The van der Waals surface area contributed by atoms with E-state index in [2.05, 4.69) is 24.5 Å². The van der Waals surface area contributed by atoms with E-state index in [4.69, 9.17) is 4.74 Å². The zero-order valence-electron chi connectivity index (χ0n) is 7.78. The van der Waals surface area contributed by atoms with Crippen LogP contribution in [0.4, 0.5) is 10.5 Å². The summed E-state index contributed by atoms with van der Waals surface area (Å²) in [5.74, 6) is 0.470. The quantitative estimate of drug-likeness (QED) is 0.593. The summed E-state index contributed by atoms with van der Waals surface area (Å²) >= 11 is 3.50. The van der Waals surface area contributed by atoms with Crippen LogP contribution in [-0.4, -0.2) is 5.30 Å². The second-order valence-corrected chi connectivity index (χ2v) is 3.16. The molecule has 1 aromatic rings. The molecule has 0 amide bonds. The Labute approximate surface area is 88.2 Å². The molecule has 1 rings (SSSR count). The van der Waals surface area contributed by atoms with Gasteiger partial charge < -0.3 is 10.1 Å². The fourth-order valence-corrected chi connectivity index (χ4v) is 1.06. The van der Waals surface area contributed by atoms with Crippen molar-refractivity contribution in [1.29, 1.82) is 0 Å². The molecular weight excluding hydrogens is 198 g/mol. The van der Waals surface area contributed by atoms with E-state index in [1.165, 1.54) is 0 Å². The highest BCUT2D eigenvalue weighted by Gasteiger charge is 1.98. The molecule has 0 atom stereocenters. The zero-order chi connectivity index (χ0) is 10.6. The average molecular weight is 209 g/mol. The SMILES string of the molecule is C=C(C)Nc1ccc(OC(=O)S)cc1. The van der Waals surface area contributed by atoms with E-state index in [1.807, 2.05) is 6.92 Å². The smallest absolute Gasteiger partial charge is 0.369 e. The van der Waals surface area contributed by atoms with Crippen LogP contribution in [0.15, 0.2) is 36.5 Å². The third kappa shape index (κ3) is 3.53. The average Bonchev–Trinajstić information content (AvgIpc) is 2.06. The Bertz CT molecular complexity index is 311. The van der Waals surface area contributed by atoms with E-state index in [0.717, 1.165) is 11.4 Å². The van der Waals surface area contributed by atoms with Crippen LogP contribution in [0.5, 0.6) is 5.75 Å². The van der Waals surface area contributed by atoms with Gasteiger partial charge in [0, 0.05) is 11.4 Å². The highest BCUT2D eigenvalue weighted by Crippen LogP contribution is 2.17. The van der Waals surface area contributed by atoms with Gasteiger partial charge in [0.2, 0.25) is 0 Å². The lowest BCUT2D eigenvalue weighted by atomic mass is 10.3. The van der Waals surface area contributed by atoms with Gasteiger partial charge in [0.25, 0.3) is 0 Å². The molecule has 0 radical (unpaired) electrons. The fourth-order valence-electron chi connectivity index (χ4n) is 0.954. The van der Waals surface area contributed by atoms with Gasteiger partial charge in [0.05, 0.1) is 0 Å². The van der Waals surface area contributed by atoms with Crippen molar-refractivity contribution in [3.63, 3.8) is 0 Å². The number of allylic oxidation sites excluding steroid dienone is 1. The lowest BCUT2D eigenvalue weighted by Gasteiger charge is -2.05. The topological polar surface area (TPSA) is 38.3 Å². The summed E-state index contributed by atoms with van der Waals surface area (Å²) < 4.78 is 4.75. The Balaban J connectivity index is 2.68. The van der Waals surface area contributed by atoms with Crippen molar-refractivity contribution in [2.45, 2.75) is 6.92 Å². The van der Waals surface area contributed by atoms with Gasteiger partial charge in [-0.1, -0.05) is 19.2 Å². The molecule has 0 saturated carbocycles. The van der Waals surface area contributed by atoms with Crippen LogP contribution in [-0.2, 0) is 0 Å². The fraction of sp³-hybridized carbons (Fsp3) is 0.100. The monoisotopic (exact) mass is 209 g/mol. The molecular formula is C10H11NO2S. The predicted molar refractivity (Wildman–Crippen MR) is 59.9 cm³/mol. The summed E-state index contributed by atoms with van der Waals surface area (Å²) in [5.41, 5.74) is 1.75. The van der Waals surface area contributed by atoms with Crippen LogP contribution in [0.2, 0.25) is 0 Å². The minimum atomic E-state index is -0.620.